The summed E-state index contributed by atoms with van der Waals surface area (Å²) in [5, 5.41) is 0. The van der Waals surface area contributed by atoms with E-state index in [-0.39, 0.29) is 5.54 Å². The lowest BCUT2D eigenvalue weighted by atomic mass is 9.87. The fourth-order valence-electron chi connectivity index (χ4n) is 3.97. The van der Waals surface area contributed by atoms with Crippen molar-refractivity contribution in [2.75, 3.05) is 39.8 Å². The fourth-order valence-corrected chi connectivity index (χ4v) is 3.97. The van der Waals surface area contributed by atoms with Gasteiger partial charge in [0.1, 0.15) is 0 Å². The van der Waals surface area contributed by atoms with Gasteiger partial charge in [-0.1, -0.05) is 0 Å². The Morgan fingerprint density at radius 1 is 1.17 bits per heavy atom. The second-order valence-corrected chi connectivity index (χ2v) is 6.45. The molecule has 104 valence electrons. The van der Waals surface area contributed by atoms with E-state index in [1.807, 2.05) is 0 Å². The van der Waals surface area contributed by atoms with E-state index >= 15 is 0 Å². The van der Waals surface area contributed by atoms with Gasteiger partial charge in [-0.05, 0) is 52.2 Å². The first-order chi connectivity index (χ1) is 8.72. The normalized spacial score (nSPS) is 43.0. The average Bonchev–Trinajstić information content (AvgIpc) is 2.61. The number of nitrogens with two attached hydrogens (primary N) is 1. The Labute approximate surface area is 110 Å². The summed E-state index contributed by atoms with van der Waals surface area (Å²) in [7, 11) is 2.23. The van der Waals surface area contributed by atoms with Gasteiger partial charge in [0.05, 0.1) is 12.2 Å². The molecule has 3 aliphatic heterocycles. The molecule has 2 bridgehead atoms. The van der Waals surface area contributed by atoms with Crippen molar-refractivity contribution < 1.29 is 4.74 Å². The van der Waals surface area contributed by atoms with Crippen molar-refractivity contribution >= 4 is 0 Å². The van der Waals surface area contributed by atoms with E-state index in [2.05, 4.69) is 16.8 Å². The predicted molar refractivity (Wildman–Crippen MR) is 72.6 cm³/mol. The Morgan fingerprint density at radius 2 is 1.89 bits per heavy atom. The van der Waals surface area contributed by atoms with Crippen molar-refractivity contribution in [1.29, 1.82) is 0 Å². The molecule has 18 heavy (non-hydrogen) atoms. The third-order valence-corrected chi connectivity index (χ3v) is 5.24. The van der Waals surface area contributed by atoms with Gasteiger partial charge < -0.3 is 15.4 Å². The van der Waals surface area contributed by atoms with E-state index in [1.165, 1.54) is 45.2 Å². The SMILES string of the molecule is CN1CCCC(CN)(N2CC3CCC(C2)O3)CC1. The third kappa shape index (κ3) is 2.31. The fraction of sp³-hybridized carbons (Fsp3) is 1.00. The monoisotopic (exact) mass is 253 g/mol. The lowest BCUT2D eigenvalue weighted by molar-refractivity contribution is -0.0801. The van der Waals surface area contributed by atoms with Crippen molar-refractivity contribution in [3.63, 3.8) is 0 Å². The van der Waals surface area contributed by atoms with Crippen molar-refractivity contribution in [2.45, 2.75) is 49.9 Å². The topological polar surface area (TPSA) is 41.7 Å². The largest absolute Gasteiger partial charge is 0.372 e. The highest BCUT2D eigenvalue weighted by Crippen LogP contribution is 2.35. The number of fused-ring (bicyclic) bond motifs is 2. The molecule has 0 spiro atoms. The molecular formula is C14H27N3O. The first-order valence-corrected chi connectivity index (χ1v) is 7.51. The minimum atomic E-state index is 0.245. The maximum atomic E-state index is 6.19. The number of hydrogen-bond acceptors (Lipinski definition) is 4. The summed E-state index contributed by atoms with van der Waals surface area (Å²) in [5.41, 5.74) is 6.44. The summed E-state index contributed by atoms with van der Waals surface area (Å²) in [6.45, 7) is 5.43. The first kappa shape index (κ1) is 12.9. The van der Waals surface area contributed by atoms with Crippen molar-refractivity contribution in [2.24, 2.45) is 5.73 Å². The van der Waals surface area contributed by atoms with E-state index < -0.39 is 0 Å². The maximum Gasteiger partial charge on any atom is 0.0707 e. The number of rotatable bonds is 2. The van der Waals surface area contributed by atoms with Crippen LogP contribution in [0.2, 0.25) is 0 Å². The highest BCUT2D eigenvalue weighted by molar-refractivity contribution is 4.99. The van der Waals surface area contributed by atoms with Crippen LogP contribution >= 0.6 is 0 Å². The summed E-state index contributed by atoms with van der Waals surface area (Å²) >= 11 is 0. The van der Waals surface area contributed by atoms with Gasteiger partial charge in [-0.2, -0.15) is 0 Å². The Morgan fingerprint density at radius 3 is 2.56 bits per heavy atom. The summed E-state index contributed by atoms with van der Waals surface area (Å²) in [6, 6.07) is 0. The zero-order valence-corrected chi connectivity index (χ0v) is 11.6. The summed E-state index contributed by atoms with van der Waals surface area (Å²) in [6.07, 6.45) is 7.22. The van der Waals surface area contributed by atoms with Crippen LogP contribution < -0.4 is 5.73 Å². The van der Waals surface area contributed by atoms with Gasteiger partial charge >= 0.3 is 0 Å². The summed E-state index contributed by atoms with van der Waals surface area (Å²) in [5.74, 6) is 0. The highest BCUT2D eigenvalue weighted by atomic mass is 16.5. The molecule has 3 saturated heterocycles. The van der Waals surface area contributed by atoms with Crippen LogP contribution in [-0.4, -0.2) is 67.3 Å². The van der Waals surface area contributed by atoms with Gasteiger partial charge in [0, 0.05) is 25.2 Å². The van der Waals surface area contributed by atoms with E-state index in [1.54, 1.807) is 0 Å². The van der Waals surface area contributed by atoms with Crippen LogP contribution in [0.15, 0.2) is 0 Å². The van der Waals surface area contributed by atoms with Crippen LogP contribution in [0.4, 0.5) is 0 Å². The molecule has 3 aliphatic rings. The van der Waals surface area contributed by atoms with Crippen LogP contribution in [-0.2, 0) is 4.74 Å². The van der Waals surface area contributed by atoms with Crippen LogP contribution in [0, 0.1) is 0 Å². The maximum absolute atomic E-state index is 6.19. The van der Waals surface area contributed by atoms with Crippen molar-refractivity contribution in [3.05, 3.63) is 0 Å². The van der Waals surface area contributed by atoms with Crippen molar-refractivity contribution in [1.82, 2.24) is 9.80 Å². The number of nitrogens with zero attached hydrogens (tertiary/aromatic N) is 2. The quantitative estimate of drug-likeness (QED) is 0.785. The molecule has 4 heteroatoms. The molecule has 2 N–H and O–H groups in total. The molecule has 0 radical (unpaired) electrons. The minimum absolute atomic E-state index is 0.245. The van der Waals surface area contributed by atoms with Gasteiger partial charge in [-0.3, -0.25) is 4.90 Å². The van der Waals surface area contributed by atoms with E-state index in [0.717, 1.165) is 19.6 Å². The number of morpholine rings is 1. The van der Waals surface area contributed by atoms with Gasteiger partial charge in [0.15, 0.2) is 0 Å². The van der Waals surface area contributed by atoms with Gasteiger partial charge in [0.25, 0.3) is 0 Å². The number of hydrogen-bond donors (Lipinski definition) is 1. The minimum Gasteiger partial charge on any atom is -0.372 e. The molecular weight excluding hydrogens is 226 g/mol. The molecule has 3 fully saturated rings. The molecule has 0 aromatic rings. The molecule has 0 amide bonds. The van der Waals surface area contributed by atoms with Gasteiger partial charge in [-0.15, -0.1) is 0 Å². The van der Waals surface area contributed by atoms with Crippen molar-refractivity contribution in [3.8, 4) is 0 Å². The predicted octanol–water partition coefficient (Wildman–Crippen LogP) is 0.663. The lowest BCUT2D eigenvalue weighted by Gasteiger charge is -2.47. The highest BCUT2D eigenvalue weighted by Gasteiger charge is 2.43. The van der Waals surface area contributed by atoms with Gasteiger partial charge in [0.2, 0.25) is 0 Å². The molecule has 0 aromatic heterocycles. The van der Waals surface area contributed by atoms with E-state index in [4.69, 9.17) is 10.5 Å². The van der Waals surface area contributed by atoms with Crippen LogP contribution in [0.5, 0.6) is 0 Å². The average molecular weight is 253 g/mol. The van der Waals surface area contributed by atoms with Crippen LogP contribution in [0.1, 0.15) is 32.1 Å². The molecule has 3 atom stereocenters. The second-order valence-electron chi connectivity index (χ2n) is 6.45. The van der Waals surface area contributed by atoms with E-state index in [0.29, 0.717) is 12.2 Å². The Balaban J connectivity index is 1.74. The molecule has 0 aliphatic carbocycles. The zero-order valence-electron chi connectivity index (χ0n) is 11.6. The summed E-state index contributed by atoms with van der Waals surface area (Å²) < 4.78 is 5.97. The molecule has 3 unspecified atom stereocenters. The number of likely N-dealkylation sites (tertiary alicyclic amines) is 2. The second kappa shape index (κ2) is 5.08. The Bertz CT molecular complexity index is 287. The van der Waals surface area contributed by atoms with Crippen LogP contribution in [0.25, 0.3) is 0 Å². The summed E-state index contributed by atoms with van der Waals surface area (Å²) in [4.78, 5) is 5.13. The molecule has 3 rings (SSSR count). The molecule has 0 aromatic carbocycles. The lowest BCUT2D eigenvalue weighted by Crippen LogP contribution is -2.59. The van der Waals surface area contributed by atoms with Crippen LogP contribution in [0.3, 0.4) is 0 Å². The first-order valence-electron chi connectivity index (χ1n) is 7.51. The smallest absolute Gasteiger partial charge is 0.0707 e. The number of ether oxygens (including phenoxy) is 1. The molecule has 0 saturated carbocycles. The molecule has 3 heterocycles. The van der Waals surface area contributed by atoms with Gasteiger partial charge in [-0.25, -0.2) is 0 Å². The molecule has 4 nitrogen and oxygen atoms in total. The standard InChI is InChI=1S/C14H27N3O/c1-16-7-2-5-14(11-15,6-8-16)17-9-12-3-4-13(10-17)18-12/h12-13H,2-11,15H2,1H3. The third-order valence-electron chi connectivity index (χ3n) is 5.24. The Hall–Kier alpha value is -0.160. The van der Waals surface area contributed by atoms with E-state index in [9.17, 15) is 0 Å². The Kier molecular flexibility index (Phi) is 3.63. The zero-order chi connectivity index (χ0) is 12.6.